The van der Waals surface area contributed by atoms with Crippen LogP contribution in [-0.4, -0.2) is 10.1 Å². The van der Waals surface area contributed by atoms with Gasteiger partial charge in [0.1, 0.15) is 11.4 Å². The summed E-state index contributed by atoms with van der Waals surface area (Å²) in [5.41, 5.74) is 2.34. The van der Waals surface area contributed by atoms with Crippen LogP contribution in [0, 0.1) is 0 Å². The van der Waals surface area contributed by atoms with Crippen LogP contribution in [-0.2, 0) is 18.0 Å². The fraction of sp³-hybridized carbons (Fsp3) is 0.222. The Labute approximate surface area is 70.3 Å². The maximum absolute atomic E-state index is 9.60. The van der Waals surface area contributed by atoms with Crippen LogP contribution in [0.1, 0.15) is 16.8 Å². The highest BCUT2D eigenvalue weighted by atomic mass is 16.5. The molecule has 0 saturated heterocycles. The van der Waals surface area contributed by atoms with Gasteiger partial charge in [-0.3, -0.25) is 4.98 Å². The van der Waals surface area contributed by atoms with Gasteiger partial charge >= 0.3 is 0 Å². The SMILES string of the molecule is C=Cc1ncc2c(c1O)COC2. The third-order valence-electron chi connectivity index (χ3n) is 1.97. The van der Waals surface area contributed by atoms with Crippen LogP contribution in [0.5, 0.6) is 5.75 Å². The van der Waals surface area contributed by atoms with Crippen molar-refractivity contribution in [3.8, 4) is 5.75 Å². The van der Waals surface area contributed by atoms with Gasteiger partial charge in [0.25, 0.3) is 0 Å². The summed E-state index contributed by atoms with van der Waals surface area (Å²) in [6.45, 7) is 4.58. The first-order valence-corrected chi connectivity index (χ1v) is 3.73. The lowest BCUT2D eigenvalue weighted by molar-refractivity contribution is 0.133. The van der Waals surface area contributed by atoms with E-state index in [4.69, 9.17) is 4.74 Å². The Morgan fingerprint density at radius 2 is 2.42 bits per heavy atom. The van der Waals surface area contributed by atoms with Crippen LogP contribution in [0.25, 0.3) is 6.08 Å². The van der Waals surface area contributed by atoms with Gasteiger partial charge in [0.15, 0.2) is 0 Å². The highest BCUT2D eigenvalue weighted by Gasteiger charge is 2.17. The molecule has 0 aromatic carbocycles. The standard InChI is InChI=1S/C9H9NO2/c1-2-8-9(11)7-5-12-4-6(7)3-10-8/h2-3,11H,1,4-5H2. The van der Waals surface area contributed by atoms with Gasteiger partial charge in [-0.15, -0.1) is 0 Å². The zero-order valence-electron chi connectivity index (χ0n) is 6.58. The number of hydrogen-bond acceptors (Lipinski definition) is 3. The molecule has 62 valence electrons. The first kappa shape index (κ1) is 7.31. The molecule has 1 N–H and O–H groups in total. The third kappa shape index (κ3) is 0.905. The van der Waals surface area contributed by atoms with Crippen molar-refractivity contribution in [2.24, 2.45) is 0 Å². The average Bonchev–Trinajstić information content (AvgIpc) is 2.53. The average molecular weight is 163 g/mol. The summed E-state index contributed by atoms with van der Waals surface area (Å²) in [5.74, 6) is 0.208. The quantitative estimate of drug-likeness (QED) is 0.681. The summed E-state index contributed by atoms with van der Waals surface area (Å²) < 4.78 is 5.16. The van der Waals surface area contributed by atoms with E-state index >= 15 is 0 Å². The zero-order valence-corrected chi connectivity index (χ0v) is 6.58. The van der Waals surface area contributed by atoms with Crippen LogP contribution >= 0.6 is 0 Å². The predicted molar refractivity (Wildman–Crippen MR) is 44.5 cm³/mol. The number of aromatic nitrogens is 1. The predicted octanol–water partition coefficient (Wildman–Crippen LogP) is 1.46. The molecule has 3 nitrogen and oxygen atoms in total. The van der Waals surface area contributed by atoms with Gasteiger partial charge in [-0.05, 0) is 6.08 Å². The van der Waals surface area contributed by atoms with Gasteiger partial charge in [-0.2, -0.15) is 0 Å². The second kappa shape index (κ2) is 2.60. The van der Waals surface area contributed by atoms with Gasteiger partial charge in [0, 0.05) is 17.3 Å². The smallest absolute Gasteiger partial charge is 0.147 e. The van der Waals surface area contributed by atoms with Crippen LogP contribution in [0.2, 0.25) is 0 Å². The summed E-state index contributed by atoms with van der Waals surface area (Å²) in [6, 6.07) is 0. The largest absolute Gasteiger partial charge is 0.505 e. The Balaban J connectivity index is 2.61. The highest BCUT2D eigenvalue weighted by Crippen LogP contribution is 2.30. The molecule has 0 bridgehead atoms. The van der Waals surface area contributed by atoms with Gasteiger partial charge in [-0.1, -0.05) is 6.58 Å². The van der Waals surface area contributed by atoms with Crippen molar-refractivity contribution in [3.63, 3.8) is 0 Å². The van der Waals surface area contributed by atoms with E-state index in [0.29, 0.717) is 18.9 Å². The first-order chi connectivity index (χ1) is 5.83. The normalized spacial score (nSPS) is 14.3. The minimum atomic E-state index is 0.208. The maximum atomic E-state index is 9.60. The molecule has 1 aliphatic heterocycles. The third-order valence-corrected chi connectivity index (χ3v) is 1.97. The molecular weight excluding hydrogens is 154 g/mol. The minimum Gasteiger partial charge on any atom is -0.505 e. The van der Waals surface area contributed by atoms with Crippen LogP contribution < -0.4 is 0 Å². The number of aromatic hydroxyl groups is 1. The van der Waals surface area contributed by atoms with Gasteiger partial charge in [0.2, 0.25) is 0 Å². The Bertz CT molecular complexity index is 334. The van der Waals surface area contributed by atoms with E-state index in [2.05, 4.69) is 11.6 Å². The highest BCUT2D eigenvalue weighted by molar-refractivity contribution is 5.55. The van der Waals surface area contributed by atoms with Crippen molar-refractivity contribution < 1.29 is 9.84 Å². The molecule has 0 fully saturated rings. The van der Waals surface area contributed by atoms with Gasteiger partial charge in [-0.25, -0.2) is 0 Å². The second-order valence-corrected chi connectivity index (χ2v) is 2.69. The molecule has 0 radical (unpaired) electrons. The molecule has 0 aliphatic carbocycles. The Morgan fingerprint density at radius 3 is 3.17 bits per heavy atom. The van der Waals surface area contributed by atoms with Crippen molar-refractivity contribution in [2.45, 2.75) is 13.2 Å². The summed E-state index contributed by atoms with van der Waals surface area (Å²) in [4.78, 5) is 4.02. The second-order valence-electron chi connectivity index (χ2n) is 2.69. The van der Waals surface area contributed by atoms with E-state index in [9.17, 15) is 5.11 Å². The molecule has 0 spiro atoms. The first-order valence-electron chi connectivity index (χ1n) is 3.73. The number of pyridine rings is 1. The van der Waals surface area contributed by atoms with Gasteiger partial charge in [0.05, 0.1) is 13.2 Å². The van der Waals surface area contributed by atoms with Crippen LogP contribution in [0.3, 0.4) is 0 Å². The Morgan fingerprint density at radius 1 is 1.58 bits per heavy atom. The molecule has 1 aliphatic rings. The number of hydrogen-bond donors (Lipinski definition) is 1. The van der Waals surface area contributed by atoms with Crippen molar-refractivity contribution >= 4 is 6.08 Å². The van der Waals surface area contributed by atoms with E-state index < -0.39 is 0 Å². The molecule has 3 heteroatoms. The summed E-state index contributed by atoms with van der Waals surface area (Å²) in [7, 11) is 0. The lowest BCUT2D eigenvalue weighted by Crippen LogP contribution is -1.89. The number of fused-ring (bicyclic) bond motifs is 1. The number of ether oxygens (including phenoxy) is 1. The lowest BCUT2D eigenvalue weighted by Gasteiger charge is -2.02. The molecule has 2 heterocycles. The molecule has 1 aromatic rings. The zero-order chi connectivity index (χ0) is 8.55. The van der Waals surface area contributed by atoms with E-state index in [1.54, 1.807) is 6.20 Å². The summed E-state index contributed by atoms with van der Waals surface area (Å²) in [5, 5.41) is 9.60. The monoisotopic (exact) mass is 163 g/mol. The number of rotatable bonds is 1. The molecular formula is C9H9NO2. The van der Waals surface area contributed by atoms with Crippen molar-refractivity contribution in [2.75, 3.05) is 0 Å². The summed E-state index contributed by atoms with van der Waals surface area (Å²) >= 11 is 0. The minimum absolute atomic E-state index is 0.208. The van der Waals surface area contributed by atoms with Crippen molar-refractivity contribution in [1.82, 2.24) is 4.98 Å². The Hall–Kier alpha value is -1.35. The molecule has 2 rings (SSSR count). The molecule has 1 aromatic heterocycles. The van der Waals surface area contributed by atoms with Crippen molar-refractivity contribution in [3.05, 3.63) is 29.6 Å². The fourth-order valence-corrected chi connectivity index (χ4v) is 1.29. The van der Waals surface area contributed by atoms with E-state index in [1.165, 1.54) is 6.08 Å². The molecule has 0 amide bonds. The molecule has 0 saturated carbocycles. The van der Waals surface area contributed by atoms with Crippen molar-refractivity contribution in [1.29, 1.82) is 0 Å². The van der Waals surface area contributed by atoms with E-state index in [1.807, 2.05) is 0 Å². The topological polar surface area (TPSA) is 42.4 Å². The molecule has 0 unspecified atom stereocenters. The van der Waals surface area contributed by atoms with Crippen LogP contribution in [0.4, 0.5) is 0 Å². The number of nitrogens with zero attached hydrogens (tertiary/aromatic N) is 1. The van der Waals surface area contributed by atoms with Gasteiger partial charge < -0.3 is 9.84 Å². The van der Waals surface area contributed by atoms with Crippen LogP contribution in [0.15, 0.2) is 12.8 Å². The fourth-order valence-electron chi connectivity index (χ4n) is 1.29. The molecule has 0 atom stereocenters. The molecule has 12 heavy (non-hydrogen) atoms. The maximum Gasteiger partial charge on any atom is 0.147 e. The summed E-state index contributed by atoms with van der Waals surface area (Å²) in [6.07, 6.45) is 3.26. The lowest BCUT2D eigenvalue weighted by atomic mass is 10.1. The Kier molecular flexibility index (Phi) is 1.59. The van der Waals surface area contributed by atoms with E-state index in [0.717, 1.165) is 11.1 Å². The van der Waals surface area contributed by atoms with E-state index in [-0.39, 0.29) is 5.75 Å².